The van der Waals surface area contributed by atoms with Crippen molar-refractivity contribution in [3.8, 4) is 0 Å². The van der Waals surface area contributed by atoms with E-state index in [9.17, 15) is 4.79 Å². The highest BCUT2D eigenvalue weighted by atomic mass is 16.1. The molecule has 2 heterocycles. The molecule has 0 aliphatic rings. The molecule has 5 nitrogen and oxygen atoms in total. The van der Waals surface area contributed by atoms with Gasteiger partial charge in [0, 0.05) is 28.7 Å². The van der Waals surface area contributed by atoms with Gasteiger partial charge in [0.2, 0.25) is 0 Å². The summed E-state index contributed by atoms with van der Waals surface area (Å²) in [5.74, 6) is 0. The maximum Gasteiger partial charge on any atom is 0.253 e. The lowest BCUT2D eigenvalue weighted by Gasteiger charge is -2.07. The molecule has 0 aliphatic carbocycles. The van der Waals surface area contributed by atoms with Crippen LogP contribution in [0.25, 0.3) is 21.8 Å². The van der Waals surface area contributed by atoms with Crippen LogP contribution >= 0.6 is 0 Å². The summed E-state index contributed by atoms with van der Waals surface area (Å²) >= 11 is 0. The summed E-state index contributed by atoms with van der Waals surface area (Å²) in [5.41, 5.74) is 3.47. The summed E-state index contributed by atoms with van der Waals surface area (Å²) in [4.78, 5) is 15.0. The minimum Gasteiger partial charge on any atom is -0.381 e. The number of hydrogen-bond donors (Lipinski definition) is 3. The van der Waals surface area contributed by atoms with E-state index in [4.69, 9.17) is 0 Å². The third-order valence-electron chi connectivity index (χ3n) is 3.75. The van der Waals surface area contributed by atoms with Crippen molar-refractivity contribution in [1.29, 1.82) is 0 Å². The molecule has 0 aliphatic heterocycles. The predicted octanol–water partition coefficient (Wildman–Crippen LogP) is 3.02. The van der Waals surface area contributed by atoms with Crippen molar-refractivity contribution < 1.29 is 0 Å². The van der Waals surface area contributed by atoms with E-state index < -0.39 is 0 Å². The smallest absolute Gasteiger partial charge is 0.253 e. The number of rotatable bonds is 3. The highest BCUT2D eigenvalue weighted by Crippen LogP contribution is 2.17. The summed E-state index contributed by atoms with van der Waals surface area (Å²) < 4.78 is 0. The van der Waals surface area contributed by atoms with Crippen molar-refractivity contribution in [2.75, 3.05) is 5.32 Å². The Morgan fingerprint density at radius 2 is 1.91 bits per heavy atom. The molecular weight excluding hydrogens is 276 g/mol. The van der Waals surface area contributed by atoms with Gasteiger partial charge >= 0.3 is 0 Å². The van der Waals surface area contributed by atoms with Gasteiger partial charge in [-0.15, -0.1) is 0 Å². The number of nitrogens with one attached hydrogen (secondary N) is 3. The van der Waals surface area contributed by atoms with Crippen LogP contribution in [0.5, 0.6) is 0 Å². The predicted molar refractivity (Wildman–Crippen MR) is 88.0 cm³/mol. The van der Waals surface area contributed by atoms with E-state index in [1.54, 1.807) is 6.20 Å². The van der Waals surface area contributed by atoms with Crippen LogP contribution in [0, 0.1) is 0 Å². The number of para-hydroxylation sites is 1. The van der Waals surface area contributed by atoms with Crippen LogP contribution in [0.4, 0.5) is 5.69 Å². The first-order valence-electron chi connectivity index (χ1n) is 7.07. The van der Waals surface area contributed by atoms with Crippen molar-refractivity contribution in [2.24, 2.45) is 0 Å². The second-order valence-corrected chi connectivity index (χ2v) is 5.24. The van der Waals surface area contributed by atoms with Crippen LogP contribution in [0.3, 0.4) is 0 Å². The van der Waals surface area contributed by atoms with E-state index in [0.29, 0.717) is 12.1 Å². The molecule has 0 radical (unpaired) electrons. The van der Waals surface area contributed by atoms with Crippen LogP contribution in [-0.4, -0.2) is 15.2 Å². The number of pyridine rings is 1. The number of aromatic nitrogens is 3. The molecule has 0 atom stereocenters. The second kappa shape index (κ2) is 5.04. The van der Waals surface area contributed by atoms with Gasteiger partial charge in [-0.3, -0.25) is 9.89 Å². The van der Waals surface area contributed by atoms with Crippen molar-refractivity contribution in [3.63, 3.8) is 0 Å². The molecule has 0 fully saturated rings. The van der Waals surface area contributed by atoms with Crippen molar-refractivity contribution in [2.45, 2.75) is 6.54 Å². The Kier molecular flexibility index (Phi) is 2.89. The fourth-order valence-electron chi connectivity index (χ4n) is 2.57. The summed E-state index contributed by atoms with van der Waals surface area (Å²) in [6.45, 7) is 0.476. The third-order valence-corrected chi connectivity index (χ3v) is 3.75. The van der Waals surface area contributed by atoms with Crippen LogP contribution in [0.1, 0.15) is 5.56 Å². The molecule has 0 saturated heterocycles. The second-order valence-electron chi connectivity index (χ2n) is 5.24. The molecule has 4 aromatic rings. The van der Waals surface area contributed by atoms with Gasteiger partial charge in [0.15, 0.2) is 0 Å². The Labute approximate surface area is 126 Å². The van der Waals surface area contributed by atoms with Gasteiger partial charge in [0.05, 0.1) is 11.7 Å². The maximum absolute atomic E-state index is 12.1. The molecule has 0 amide bonds. The SMILES string of the molecule is O=c1[nH]c2ccccc2cc1CNc1ccc2[nH]ncc2c1. The van der Waals surface area contributed by atoms with Gasteiger partial charge in [-0.1, -0.05) is 18.2 Å². The average Bonchev–Trinajstić information content (AvgIpc) is 3.00. The number of hydrogen-bond acceptors (Lipinski definition) is 3. The van der Waals surface area contributed by atoms with Crippen molar-refractivity contribution >= 4 is 27.5 Å². The number of fused-ring (bicyclic) bond motifs is 2. The third kappa shape index (κ3) is 2.22. The van der Waals surface area contributed by atoms with Crippen LogP contribution in [-0.2, 0) is 6.54 Å². The van der Waals surface area contributed by atoms with E-state index in [1.165, 1.54) is 0 Å². The van der Waals surface area contributed by atoms with E-state index in [1.807, 2.05) is 48.5 Å². The topological polar surface area (TPSA) is 73.6 Å². The minimum atomic E-state index is -0.0596. The summed E-state index contributed by atoms with van der Waals surface area (Å²) in [7, 11) is 0. The minimum absolute atomic E-state index is 0.0596. The van der Waals surface area contributed by atoms with Gasteiger partial charge in [-0.25, -0.2) is 0 Å². The molecule has 2 aromatic carbocycles. The number of H-pyrrole nitrogens is 2. The highest BCUT2D eigenvalue weighted by molar-refractivity contribution is 5.82. The van der Waals surface area contributed by atoms with E-state index in [-0.39, 0.29) is 5.56 Å². The van der Waals surface area contributed by atoms with Gasteiger partial charge < -0.3 is 10.3 Å². The van der Waals surface area contributed by atoms with E-state index in [2.05, 4.69) is 20.5 Å². The molecule has 0 bridgehead atoms. The molecule has 0 saturated carbocycles. The standard InChI is InChI=1S/C17H14N4O/c22-17-13(7-11-3-1-2-4-15(11)20-17)9-18-14-5-6-16-12(8-14)10-19-21-16/h1-8,10,18H,9H2,(H,19,21)(H,20,22). The first-order chi connectivity index (χ1) is 10.8. The lowest BCUT2D eigenvalue weighted by molar-refractivity contribution is 1.09. The fraction of sp³-hybridized carbons (Fsp3) is 0.0588. The zero-order chi connectivity index (χ0) is 14.9. The Balaban J connectivity index is 1.62. The van der Waals surface area contributed by atoms with Gasteiger partial charge in [0.25, 0.3) is 5.56 Å². The molecule has 4 rings (SSSR count). The first kappa shape index (κ1) is 12.6. The largest absolute Gasteiger partial charge is 0.381 e. The molecule has 108 valence electrons. The number of aromatic amines is 2. The lowest BCUT2D eigenvalue weighted by atomic mass is 10.1. The summed E-state index contributed by atoms with van der Waals surface area (Å²) in [6, 6.07) is 15.6. The molecular formula is C17H14N4O. The molecule has 3 N–H and O–H groups in total. The first-order valence-corrected chi connectivity index (χ1v) is 7.07. The van der Waals surface area contributed by atoms with Gasteiger partial charge in [-0.05, 0) is 35.7 Å². The maximum atomic E-state index is 12.1. The molecule has 2 aromatic heterocycles. The van der Waals surface area contributed by atoms with Crippen LogP contribution in [0.2, 0.25) is 0 Å². The van der Waals surface area contributed by atoms with E-state index in [0.717, 1.165) is 27.5 Å². The molecule has 0 spiro atoms. The Bertz CT molecular complexity index is 1020. The number of nitrogens with zero attached hydrogens (tertiary/aromatic N) is 1. The van der Waals surface area contributed by atoms with Crippen molar-refractivity contribution in [3.05, 3.63) is 70.6 Å². The summed E-state index contributed by atoms with van der Waals surface area (Å²) in [5, 5.41) is 12.3. The molecule has 5 heteroatoms. The normalized spacial score (nSPS) is 11.1. The Morgan fingerprint density at radius 3 is 2.86 bits per heavy atom. The molecule has 0 unspecified atom stereocenters. The highest BCUT2D eigenvalue weighted by Gasteiger charge is 2.03. The Hall–Kier alpha value is -3.08. The monoisotopic (exact) mass is 290 g/mol. The lowest BCUT2D eigenvalue weighted by Crippen LogP contribution is -2.15. The van der Waals surface area contributed by atoms with Crippen LogP contribution in [0.15, 0.2) is 59.5 Å². The quantitative estimate of drug-likeness (QED) is 0.543. The van der Waals surface area contributed by atoms with E-state index >= 15 is 0 Å². The molecule has 22 heavy (non-hydrogen) atoms. The summed E-state index contributed by atoms with van der Waals surface area (Å²) in [6.07, 6.45) is 1.78. The van der Waals surface area contributed by atoms with Gasteiger partial charge in [-0.2, -0.15) is 5.10 Å². The number of anilines is 1. The van der Waals surface area contributed by atoms with Crippen LogP contribution < -0.4 is 10.9 Å². The van der Waals surface area contributed by atoms with Gasteiger partial charge in [0.1, 0.15) is 0 Å². The average molecular weight is 290 g/mol. The number of benzene rings is 2. The zero-order valence-electron chi connectivity index (χ0n) is 11.8. The zero-order valence-corrected chi connectivity index (χ0v) is 11.8. The Morgan fingerprint density at radius 1 is 1.00 bits per heavy atom. The van der Waals surface area contributed by atoms with Crippen molar-refractivity contribution in [1.82, 2.24) is 15.2 Å². The fourth-order valence-corrected chi connectivity index (χ4v) is 2.57.